The highest BCUT2D eigenvalue weighted by Crippen LogP contribution is 2.22. The van der Waals surface area contributed by atoms with Crippen LogP contribution >= 0.6 is 0 Å². The minimum Gasteiger partial charge on any atom is -0.497 e. The Kier molecular flexibility index (Phi) is 8.69. The SMILES string of the molecule is CCNC(=NCc1ccccc1Cn1cccn1)NCC(c1cccc(OC)c1)N(C)C. The van der Waals surface area contributed by atoms with E-state index in [4.69, 9.17) is 9.73 Å². The van der Waals surface area contributed by atoms with Gasteiger partial charge in [-0.2, -0.15) is 5.10 Å². The summed E-state index contributed by atoms with van der Waals surface area (Å²) in [6, 6.07) is 18.7. The Morgan fingerprint density at radius 1 is 1.09 bits per heavy atom. The second-order valence-corrected chi connectivity index (χ2v) is 7.80. The molecule has 0 aliphatic carbocycles. The van der Waals surface area contributed by atoms with Gasteiger partial charge in [-0.3, -0.25) is 4.68 Å². The van der Waals surface area contributed by atoms with E-state index in [2.05, 4.69) is 78.0 Å². The molecule has 1 unspecified atom stereocenters. The number of benzene rings is 2. The molecule has 1 heterocycles. The first-order valence-corrected chi connectivity index (χ1v) is 11.0. The topological polar surface area (TPSA) is 66.7 Å². The molecular weight excluding hydrogens is 400 g/mol. The third-order valence-electron chi connectivity index (χ3n) is 5.33. The highest BCUT2D eigenvalue weighted by Gasteiger charge is 2.15. The molecule has 7 nitrogen and oxygen atoms in total. The zero-order chi connectivity index (χ0) is 22.8. The maximum atomic E-state index is 5.40. The molecule has 0 saturated heterocycles. The predicted molar refractivity (Wildman–Crippen MR) is 130 cm³/mol. The lowest BCUT2D eigenvalue weighted by atomic mass is 10.1. The number of methoxy groups -OCH3 is 1. The van der Waals surface area contributed by atoms with Crippen molar-refractivity contribution in [1.82, 2.24) is 25.3 Å². The lowest BCUT2D eigenvalue weighted by molar-refractivity contribution is 0.297. The molecule has 0 radical (unpaired) electrons. The summed E-state index contributed by atoms with van der Waals surface area (Å²) in [4.78, 5) is 7.05. The van der Waals surface area contributed by atoms with E-state index in [1.54, 1.807) is 13.3 Å². The summed E-state index contributed by atoms with van der Waals surface area (Å²) < 4.78 is 7.34. The molecule has 0 aliphatic rings. The van der Waals surface area contributed by atoms with E-state index in [0.717, 1.165) is 31.3 Å². The average molecular weight is 435 g/mol. The van der Waals surface area contributed by atoms with Crippen LogP contribution in [0.1, 0.15) is 29.7 Å². The Hall–Kier alpha value is -3.32. The van der Waals surface area contributed by atoms with Crippen LogP contribution in [0.25, 0.3) is 0 Å². The predicted octanol–water partition coefficient (Wildman–Crippen LogP) is 3.30. The molecule has 2 aromatic carbocycles. The van der Waals surface area contributed by atoms with Gasteiger partial charge in [-0.1, -0.05) is 36.4 Å². The molecule has 0 fully saturated rings. The number of guanidine groups is 1. The molecule has 3 aromatic rings. The molecule has 32 heavy (non-hydrogen) atoms. The van der Waals surface area contributed by atoms with Crippen molar-refractivity contribution in [3.63, 3.8) is 0 Å². The Labute approximate surface area is 191 Å². The molecule has 1 aromatic heterocycles. The Morgan fingerprint density at radius 2 is 1.91 bits per heavy atom. The monoisotopic (exact) mass is 434 g/mol. The summed E-state index contributed by atoms with van der Waals surface area (Å²) in [6.07, 6.45) is 3.78. The van der Waals surface area contributed by atoms with Crippen molar-refractivity contribution >= 4 is 5.96 Å². The maximum absolute atomic E-state index is 5.40. The standard InChI is InChI=1S/C25H34N6O/c1-5-26-25(28-18-24(30(2)3)20-12-8-13-23(16-20)32-4)27-17-21-10-6-7-11-22(21)19-31-15-9-14-29-31/h6-16,24H,5,17-19H2,1-4H3,(H2,26,27,28). The summed E-state index contributed by atoms with van der Waals surface area (Å²) in [5.74, 6) is 1.67. The van der Waals surface area contributed by atoms with Crippen LogP contribution in [0.3, 0.4) is 0 Å². The summed E-state index contributed by atoms with van der Waals surface area (Å²) in [7, 11) is 5.87. The van der Waals surface area contributed by atoms with Gasteiger partial charge in [-0.25, -0.2) is 4.99 Å². The zero-order valence-electron chi connectivity index (χ0n) is 19.5. The third-order valence-corrected chi connectivity index (χ3v) is 5.33. The van der Waals surface area contributed by atoms with Crippen molar-refractivity contribution in [2.24, 2.45) is 4.99 Å². The van der Waals surface area contributed by atoms with Crippen LogP contribution in [0.5, 0.6) is 5.75 Å². The highest BCUT2D eigenvalue weighted by molar-refractivity contribution is 5.79. The summed E-state index contributed by atoms with van der Waals surface area (Å²) in [5.41, 5.74) is 3.61. The first-order valence-electron chi connectivity index (χ1n) is 11.0. The lowest BCUT2D eigenvalue weighted by Crippen LogP contribution is -2.41. The number of nitrogens with zero attached hydrogens (tertiary/aromatic N) is 4. The molecule has 7 heteroatoms. The second-order valence-electron chi connectivity index (χ2n) is 7.80. The molecule has 170 valence electrons. The van der Waals surface area contributed by atoms with Crippen LogP contribution in [0, 0.1) is 0 Å². The molecular formula is C25H34N6O. The fourth-order valence-corrected chi connectivity index (χ4v) is 3.58. The van der Waals surface area contributed by atoms with Gasteiger partial charge in [0.25, 0.3) is 0 Å². The van der Waals surface area contributed by atoms with Gasteiger partial charge >= 0.3 is 0 Å². The lowest BCUT2D eigenvalue weighted by Gasteiger charge is -2.26. The van der Waals surface area contributed by atoms with Gasteiger partial charge in [0.2, 0.25) is 0 Å². The Balaban J connectivity index is 1.71. The number of nitrogens with one attached hydrogen (secondary N) is 2. The number of aliphatic imine (C=N–C) groups is 1. The number of hydrogen-bond acceptors (Lipinski definition) is 4. The molecule has 0 bridgehead atoms. The van der Waals surface area contributed by atoms with E-state index in [9.17, 15) is 0 Å². The Morgan fingerprint density at radius 3 is 2.59 bits per heavy atom. The van der Waals surface area contributed by atoms with Gasteiger partial charge in [-0.15, -0.1) is 0 Å². The number of aromatic nitrogens is 2. The average Bonchev–Trinajstić information content (AvgIpc) is 3.31. The first-order chi connectivity index (χ1) is 15.6. The van der Waals surface area contributed by atoms with E-state index in [1.807, 2.05) is 29.1 Å². The van der Waals surface area contributed by atoms with Crippen LogP contribution in [-0.2, 0) is 13.1 Å². The fraction of sp³-hybridized carbons (Fsp3) is 0.360. The molecule has 0 saturated carbocycles. The van der Waals surface area contributed by atoms with E-state index >= 15 is 0 Å². The van der Waals surface area contributed by atoms with Crippen molar-refractivity contribution in [3.8, 4) is 5.75 Å². The van der Waals surface area contributed by atoms with Crippen molar-refractivity contribution in [3.05, 3.63) is 83.7 Å². The van der Waals surface area contributed by atoms with Crippen LogP contribution in [-0.4, -0.2) is 54.9 Å². The van der Waals surface area contributed by atoms with Gasteiger partial charge in [-0.05, 0) is 55.9 Å². The summed E-state index contributed by atoms with van der Waals surface area (Å²) in [5, 5.41) is 11.2. The van der Waals surface area contributed by atoms with E-state index in [-0.39, 0.29) is 6.04 Å². The third kappa shape index (κ3) is 6.59. The van der Waals surface area contributed by atoms with Gasteiger partial charge in [0, 0.05) is 25.5 Å². The van der Waals surface area contributed by atoms with Gasteiger partial charge in [0.05, 0.1) is 26.2 Å². The van der Waals surface area contributed by atoms with E-state index in [0.29, 0.717) is 6.54 Å². The van der Waals surface area contributed by atoms with Gasteiger partial charge in [0.1, 0.15) is 5.75 Å². The number of rotatable bonds is 10. The van der Waals surface area contributed by atoms with Crippen molar-refractivity contribution in [1.29, 1.82) is 0 Å². The normalized spacial score (nSPS) is 12.6. The minimum absolute atomic E-state index is 0.182. The first kappa shape index (κ1) is 23.3. The largest absolute Gasteiger partial charge is 0.497 e. The fourth-order valence-electron chi connectivity index (χ4n) is 3.58. The Bertz CT molecular complexity index is 984. The van der Waals surface area contributed by atoms with Crippen molar-refractivity contribution in [2.45, 2.75) is 26.1 Å². The number of ether oxygens (including phenoxy) is 1. The molecule has 1 atom stereocenters. The quantitative estimate of drug-likeness (QED) is 0.379. The van der Waals surface area contributed by atoms with E-state index < -0.39 is 0 Å². The molecule has 3 rings (SSSR count). The number of hydrogen-bond donors (Lipinski definition) is 2. The summed E-state index contributed by atoms with van der Waals surface area (Å²) in [6.45, 7) is 4.93. The van der Waals surface area contributed by atoms with Crippen LogP contribution in [0.2, 0.25) is 0 Å². The smallest absolute Gasteiger partial charge is 0.191 e. The minimum atomic E-state index is 0.182. The van der Waals surface area contributed by atoms with Gasteiger partial charge < -0.3 is 20.3 Å². The van der Waals surface area contributed by atoms with Crippen LogP contribution < -0.4 is 15.4 Å². The molecule has 0 aliphatic heterocycles. The van der Waals surface area contributed by atoms with Crippen LogP contribution in [0.15, 0.2) is 72.0 Å². The summed E-state index contributed by atoms with van der Waals surface area (Å²) >= 11 is 0. The zero-order valence-corrected chi connectivity index (χ0v) is 19.5. The molecule has 0 amide bonds. The van der Waals surface area contributed by atoms with Crippen molar-refractivity contribution in [2.75, 3.05) is 34.3 Å². The number of likely N-dealkylation sites (N-methyl/N-ethyl adjacent to an activating group) is 1. The van der Waals surface area contributed by atoms with Crippen molar-refractivity contribution < 1.29 is 4.74 Å². The highest BCUT2D eigenvalue weighted by atomic mass is 16.5. The molecule has 0 spiro atoms. The van der Waals surface area contributed by atoms with E-state index in [1.165, 1.54) is 16.7 Å². The molecule has 2 N–H and O–H groups in total. The maximum Gasteiger partial charge on any atom is 0.191 e. The second kappa shape index (κ2) is 11.9. The van der Waals surface area contributed by atoms with Gasteiger partial charge in [0.15, 0.2) is 5.96 Å². The van der Waals surface area contributed by atoms with Crippen LogP contribution in [0.4, 0.5) is 0 Å².